The first kappa shape index (κ1) is 30.6. The van der Waals surface area contributed by atoms with E-state index in [9.17, 15) is 0 Å². The van der Waals surface area contributed by atoms with Crippen molar-refractivity contribution in [3.05, 3.63) is 0 Å². The van der Waals surface area contributed by atoms with Gasteiger partial charge in [-0.15, -0.1) is 0 Å². The van der Waals surface area contributed by atoms with Crippen LogP contribution < -0.4 is 0 Å². The summed E-state index contributed by atoms with van der Waals surface area (Å²) in [5, 5.41) is 0. The van der Waals surface area contributed by atoms with Gasteiger partial charge in [-0.1, -0.05) is 20.8 Å². The van der Waals surface area contributed by atoms with Gasteiger partial charge >= 0.3 is 72.4 Å². The Morgan fingerprint density at radius 3 is 1.29 bits per heavy atom. The van der Waals surface area contributed by atoms with Gasteiger partial charge in [-0.05, 0) is 0 Å². The summed E-state index contributed by atoms with van der Waals surface area (Å²) in [6.07, 6.45) is 5.80. The maximum atomic E-state index is 4.35. The predicted molar refractivity (Wildman–Crippen MR) is 121 cm³/mol. The molecular formula is C14H26S6Sn. The second-order valence-electron chi connectivity index (χ2n) is 4.47. The summed E-state index contributed by atoms with van der Waals surface area (Å²) in [7, 11) is 0. The molecule has 0 fully saturated rings. The summed E-state index contributed by atoms with van der Waals surface area (Å²) in [5.74, 6) is 0.912. The van der Waals surface area contributed by atoms with Gasteiger partial charge in [-0.2, -0.15) is 12.6 Å². The van der Waals surface area contributed by atoms with Gasteiger partial charge in [0.05, 0.1) is 0 Å². The molecule has 0 aromatic carbocycles. The number of rotatable bonds is 5. The van der Waals surface area contributed by atoms with E-state index in [1.807, 2.05) is 0 Å². The van der Waals surface area contributed by atoms with Crippen LogP contribution >= 0.6 is 36.7 Å². The van der Waals surface area contributed by atoms with Crippen LogP contribution in [0.1, 0.15) is 60.3 Å². The Labute approximate surface area is 178 Å². The monoisotopic (exact) mass is 506 g/mol. The van der Waals surface area contributed by atoms with Crippen molar-refractivity contribution in [2.75, 3.05) is 0 Å². The summed E-state index contributed by atoms with van der Waals surface area (Å²) in [6, 6.07) is 0. The van der Waals surface area contributed by atoms with Crippen molar-refractivity contribution < 1.29 is 0 Å². The van der Waals surface area contributed by atoms with Crippen LogP contribution in [0.5, 0.6) is 0 Å². The molecule has 122 valence electrons. The Balaban J connectivity index is -0.000000102. The van der Waals surface area contributed by atoms with Gasteiger partial charge in [0.1, 0.15) is 0 Å². The Hall–Kier alpha value is 1.73. The number of unbranched alkanes of at least 4 members (excludes halogenated alkanes) is 2. The first-order valence-electron chi connectivity index (χ1n) is 6.64. The maximum absolute atomic E-state index is 4.35. The molecule has 0 aromatic heterocycles. The molecule has 0 saturated heterocycles. The van der Waals surface area contributed by atoms with Crippen LogP contribution in [0.3, 0.4) is 0 Å². The zero-order valence-corrected chi connectivity index (χ0v) is 21.3. The molecule has 0 atom stereocenters. The third-order valence-corrected chi connectivity index (χ3v) is 2.47. The Bertz CT molecular complexity index is 213. The Morgan fingerprint density at radius 2 is 1.10 bits per heavy atom. The van der Waals surface area contributed by atoms with E-state index in [1.165, 1.54) is 30.1 Å². The van der Waals surface area contributed by atoms with Gasteiger partial charge in [-0.3, -0.25) is 0 Å². The molecular weight excluding hydrogens is 479 g/mol. The Kier molecular flexibility index (Phi) is 38.8. The fourth-order valence-corrected chi connectivity index (χ4v) is 1.57. The summed E-state index contributed by atoms with van der Waals surface area (Å²) < 4.78 is 3.20. The molecule has 0 amide bonds. The normalized spacial score (nSPS) is 8.19. The molecule has 0 heterocycles. The van der Waals surface area contributed by atoms with E-state index >= 15 is 0 Å². The summed E-state index contributed by atoms with van der Waals surface area (Å²) in [4.78, 5) is 0. The molecule has 0 N–H and O–H groups in total. The van der Waals surface area contributed by atoms with Crippen molar-refractivity contribution in [1.29, 1.82) is 0 Å². The molecule has 0 spiro atoms. The first-order valence-corrected chi connectivity index (χ1v) is 11.1. The van der Waals surface area contributed by atoms with Crippen molar-refractivity contribution in [1.82, 2.24) is 0 Å². The van der Waals surface area contributed by atoms with Crippen molar-refractivity contribution in [2.24, 2.45) is 5.92 Å². The zero-order valence-electron chi connectivity index (χ0n) is 13.6. The van der Waals surface area contributed by atoms with Gasteiger partial charge in [0, 0.05) is 0 Å². The third kappa shape index (κ3) is 142. The second-order valence-corrected chi connectivity index (χ2v) is 10.3. The predicted octanol–water partition coefficient (Wildman–Crippen LogP) is 5.43. The molecule has 0 saturated carbocycles. The fraction of sp³-hybridized carbons (Fsp3) is 0.786. The van der Waals surface area contributed by atoms with Crippen LogP contribution in [0.15, 0.2) is 0 Å². The van der Waals surface area contributed by atoms with Gasteiger partial charge in [0.2, 0.25) is 0 Å². The summed E-state index contributed by atoms with van der Waals surface area (Å²) >= 11 is 27.8. The molecule has 0 aromatic rings. The van der Waals surface area contributed by atoms with E-state index in [-0.39, 0.29) is 0 Å². The first-order chi connectivity index (χ1) is 9.47. The van der Waals surface area contributed by atoms with Gasteiger partial charge < -0.3 is 74.5 Å². The average Bonchev–Trinajstić information content (AvgIpc) is 2.21. The van der Waals surface area contributed by atoms with Gasteiger partial charge in [0.25, 0.3) is 0 Å². The molecule has 0 bridgehead atoms. The van der Waals surface area contributed by atoms with Crippen molar-refractivity contribution >= 4 is 110 Å². The van der Waals surface area contributed by atoms with Crippen LogP contribution in [0.2, 0.25) is 4.44 Å². The SMILES string of the molecule is CC(=S)[S-].CC(=S)[S-].CC(=S)[S-].CC(C)CCCC[CH2][Sn+3]. The van der Waals surface area contributed by atoms with Crippen LogP contribution in [0.4, 0.5) is 0 Å². The van der Waals surface area contributed by atoms with Crippen molar-refractivity contribution in [2.45, 2.75) is 64.7 Å². The summed E-state index contributed by atoms with van der Waals surface area (Å²) in [5.41, 5.74) is 0. The van der Waals surface area contributed by atoms with Crippen molar-refractivity contribution in [3.63, 3.8) is 0 Å². The van der Waals surface area contributed by atoms with E-state index in [1.54, 1.807) is 43.3 Å². The molecule has 0 unspecified atom stereocenters. The summed E-state index contributed by atoms with van der Waals surface area (Å²) in [6.45, 7) is 9.75. The van der Waals surface area contributed by atoms with Crippen LogP contribution in [0, 0.1) is 5.92 Å². The molecule has 0 aliphatic heterocycles. The molecule has 0 aliphatic carbocycles. The zero-order chi connectivity index (χ0) is 17.8. The molecule has 0 rings (SSSR count). The molecule has 7 heteroatoms. The van der Waals surface area contributed by atoms with Crippen molar-refractivity contribution in [3.8, 4) is 0 Å². The minimum atomic E-state index is 0.583. The van der Waals surface area contributed by atoms with Gasteiger partial charge in [0.15, 0.2) is 0 Å². The van der Waals surface area contributed by atoms with E-state index in [0.29, 0.717) is 12.6 Å². The Morgan fingerprint density at radius 1 is 0.810 bits per heavy atom. The molecule has 21 heavy (non-hydrogen) atoms. The number of hydrogen-bond acceptors (Lipinski definition) is 6. The van der Waals surface area contributed by atoms with Gasteiger partial charge in [-0.25, -0.2) is 0 Å². The standard InChI is InChI=1S/C8H17.3C2H4S2.Sn/c1-4-5-6-7-8(2)3;3*1-2(3)4;/h8H,1,4-7H2,2-3H3;3*1H3,(H,3,4);/q;;;;+3/p-3. The quantitative estimate of drug-likeness (QED) is 0.210. The van der Waals surface area contributed by atoms with Crippen LogP contribution in [-0.4, -0.2) is 35.1 Å². The van der Waals surface area contributed by atoms with E-state index in [0.717, 1.165) is 5.92 Å². The second kappa shape index (κ2) is 26.6. The average molecular weight is 505 g/mol. The molecule has 0 nitrogen and oxygen atoms in total. The van der Waals surface area contributed by atoms with E-state index in [2.05, 4.69) is 88.4 Å². The topological polar surface area (TPSA) is 0 Å². The number of thiocarbonyl (C=S) groups is 3. The minimum absolute atomic E-state index is 0.583. The van der Waals surface area contributed by atoms with E-state index < -0.39 is 0 Å². The third-order valence-electron chi connectivity index (χ3n) is 1.46. The molecule has 0 radical (unpaired) electrons. The number of hydrogen-bond donors (Lipinski definition) is 0. The fourth-order valence-electron chi connectivity index (χ4n) is 0.854. The van der Waals surface area contributed by atoms with E-state index in [4.69, 9.17) is 0 Å². The van der Waals surface area contributed by atoms with Crippen LogP contribution in [-0.2, 0) is 37.9 Å². The van der Waals surface area contributed by atoms with Crippen LogP contribution in [0.25, 0.3) is 0 Å². The molecule has 0 aliphatic rings.